The molecule has 2 aromatic rings. The van der Waals surface area contributed by atoms with Gasteiger partial charge in [0.15, 0.2) is 0 Å². The first-order valence-electron chi connectivity index (χ1n) is 6.67. The van der Waals surface area contributed by atoms with E-state index in [1.165, 1.54) is 17.1 Å². The fourth-order valence-corrected chi connectivity index (χ4v) is 2.29. The van der Waals surface area contributed by atoms with Gasteiger partial charge in [0.2, 0.25) is 0 Å². The number of halogens is 2. The van der Waals surface area contributed by atoms with Gasteiger partial charge in [-0.2, -0.15) is 10.1 Å². The Hall–Kier alpha value is -2.46. The third kappa shape index (κ3) is 2.78. The number of carbonyl (C=O) groups is 1. The van der Waals surface area contributed by atoms with E-state index in [1.54, 1.807) is 49.4 Å². The third-order valence-corrected chi connectivity index (χ3v) is 3.57. The predicted molar refractivity (Wildman–Crippen MR) is 86.4 cm³/mol. The smallest absolute Gasteiger partial charge is 0.267 e. The van der Waals surface area contributed by atoms with E-state index in [0.717, 1.165) is 5.56 Å². The molecule has 0 fully saturated rings. The summed E-state index contributed by atoms with van der Waals surface area (Å²) < 4.78 is 12.9. The summed E-state index contributed by atoms with van der Waals surface area (Å²) in [6.07, 6.45) is 1.70. The van der Waals surface area contributed by atoms with Crippen LogP contribution in [0.25, 0.3) is 6.08 Å². The molecule has 0 atom stereocenters. The summed E-state index contributed by atoms with van der Waals surface area (Å²) in [5, 5.41) is 6.21. The van der Waals surface area contributed by atoms with E-state index >= 15 is 0 Å². The van der Waals surface area contributed by atoms with E-state index in [-0.39, 0.29) is 11.7 Å². The molecular formula is C17H12ClFN2O. The molecule has 0 bridgehead atoms. The zero-order chi connectivity index (χ0) is 15.7. The van der Waals surface area contributed by atoms with Gasteiger partial charge in [-0.3, -0.25) is 4.79 Å². The van der Waals surface area contributed by atoms with Crippen LogP contribution in [0.4, 0.5) is 10.1 Å². The van der Waals surface area contributed by atoms with Crippen molar-refractivity contribution in [2.75, 3.05) is 5.01 Å². The average molecular weight is 315 g/mol. The highest BCUT2D eigenvalue weighted by Crippen LogP contribution is 2.26. The van der Waals surface area contributed by atoms with E-state index in [4.69, 9.17) is 11.6 Å². The molecular weight excluding hydrogens is 303 g/mol. The zero-order valence-corrected chi connectivity index (χ0v) is 12.5. The van der Waals surface area contributed by atoms with Gasteiger partial charge < -0.3 is 0 Å². The molecule has 3 rings (SSSR count). The second-order valence-electron chi connectivity index (χ2n) is 4.89. The highest BCUT2D eigenvalue weighted by atomic mass is 35.5. The first-order valence-corrected chi connectivity index (χ1v) is 7.05. The first kappa shape index (κ1) is 14.5. The lowest BCUT2D eigenvalue weighted by atomic mass is 10.1. The maximum Gasteiger partial charge on any atom is 0.280 e. The molecule has 0 saturated heterocycles. The van der Waals surface area contributed by atoms with Crippen molar-refractivity contribution in [3.8, 4) is 0 Å². The van der Waals surface area contributed by atoms with Crippen LogP contribution in [-0.2, 0) is 4.79 Å². The maximum absolute atomic E-state index is 12.9. The van der Waals surface area contributed by atoms with Crippen molar-refractivity contribution in [1.29, 1.82) is 0 Å². The maximum atomic E-state index is 12.9. The van der Waals surface area contributed by atoms with Crippen LogP contribution < -0.4 is 5.01 Å². The summed E-state index contributed by atoms with van der Waals surface area (Å²) in [6, 6.07) is 12.8. The average Bonchev–Trinajstić information content (AvgIpc) is 2.78. The van der Waals surface area contributed by atoms with Gasteiger partial charge in [0.25, 0.3) is 5.91 Å². The molecule has 1 aliphatic rings. The molecule has 0 unspecified atom stereocenters. The molecule has 22 heavy (non-hydrogen) atoms. The predicted octanol–water partition coefficient (Wildman–Crippen LogP) is 4.29. The lowest BCUT2D eigenvalue weighted by Crippen LogP contribution is -2.21. The van der Waals surface area contributed by atoms with Gasteiger partial charge in [-0.05, 0) is 55.0 Å². The van der Waals surface area contributed by atoms with Gasteiger partial charge in [-0.25, -0.2) is 4.39 Å². The van der Waals surface area contributed by atoms with Crippen LogP contribution in [0.1, 0.15) is 12.5 Å². The molecule has 0 saturated carbocycles. The summed E-state index contributed by atoms with van der Waals surface area (Å²) in [5.41, 5.74) is 2.50. The van der Waals surface area contributed by atoms with Crippen molar-refractivity contribution in [2.45, 2.75) is 6.92 Å². The van der Waals surface area contributed by atoms with Gasteiger partial charge in [-0.1, -0.05) is 23.7 Å². The second kappa shape index (κ2) is 5.73. The zero-order valence-electron chi connectivity index (χ0n) is 11.8. The van der Waals surface area contributed by atoms with E-state index < -0.39 is 0 Å². The molecule has 0 N–H and O–H groups in total. The normalized spacial score (nSPS) is 16.3. The van der Waals surface area contributed by atoms with E-state index in [1.807, 2.05) is 0 Å². The number of nitrogens with zero attached hydrogens (tertiary/aromatic N) is 2. The summed E-state index contributed by atoms with van der Waals surface area (Å²) in [5.74, 6) is -0.530. The number of carbonyl (C=O) groups excluding carboxylic acids is 1. The molecule has 0 spiro atoms. The Bertz CT molecular complexity index is 779. The van der Waals surface area contributed by atoms with Gasteiger partial charge in [0, 0.05) is 5.02 Å². The molecule has 110 valence electrons. The molecule has 1 heterocycles. The monoisotopic (exact) mass is 314 g/mol. The molecule has 3 nitrogen and oxygen atoms in total. The summed E-state index contributed by atoms with van der Waals surface area (Å²) in [6.45, 7) is 1.77. The highest BCUT2D eigenvalue weighted by Gasteiger charge is 2.28. The second-order valence-corrected chi connectivity index (χ2v) is 5.32. The Morgan fingerprint density at radius 3 is 2.36 bits per heavy atom. The third-order valence-electron chi connectivity index (χ3n) is 3.31. The standard InChI is InChI=1S/C17H12ClFN2O/c1-11-16(10-12-2-6-14(19)7-3-12)17(22)21(20-11)15-8-4-13(18)5-9-15/h2-10H,1H3/b16-10-. The topological polar surface area (TPSA) is 32.7 Å². The Labute approximate surface area is 132 Å². The Balaban J connectivity index is 1.92. The fourth-order valence-electron chi connectivity index (χ4n) is 2.17. The molecule has 1 amide bonds. The van der Waals surface area contributed by atoms with Gasteiger partial charge in [0.05, 0.1) is 17.0 Å². The molecule has 2 aromatic carbocycles. The minimum Gasteiger partial charge on any atom is -0.267 e. The van der Waals surface area contributed by atoms with Crippen molar-refractivity contribution in [1.82, 2.24) is 0 Å². The molecule has 0 radical (unpaired) electrons. The van der Waals surface area contributed by atoms with Crippen molar-refractivity contribution < 1.29 is 9.18 Å². The van der Waals surface area contributed by atoms with Crippen LogP contribution in [0.2, 0.25) is 5.02 Å². The number of hydrogen-bond donors (Lipinski definition) is 0. The molecule has 1 aliphatic heterocycles. The quantitative estimate of drug-likeness (QED) is 0.761. The van der Waals surface area contributed by atoms with E-state index in [2.05, 4.69) is 5.10 Å². The molecule has 0 aromatic heterocycles. The summed E-state index contributed by atoms with van der Waals surface area (Å²) >= 11 is 5.85. The molecule has 5 heteroatoms. The number of amides is 1. The van der Waals surface area contributed by atoms with Crippen LogP contribution in [-0.4, -0.2) is 11.6 Å². The number of anilines is 1. The number of rotatable bonds is 2. The molecule has 0 aliphatic carbocycles. The van der Waals surface area contributed by atoms with Crippen LogP contribution >= 0.6 is 11.6 Å². The Kier molecular flexibility index (Phi) is 3.77. The van der Waals surface area contributed by atoms with Crippen LogP contribution in [0.5, 0.6) is 0 Å². The van der Waals surface area contributed by atoms with Crippen molar-refractivity contribution in [2.24, 2.45) is 5.10 Å². The van der Waals surface area contributed by atoms with E-state index in [0.29, 0.717) is 22.0 Å². The SMILES string of the molecule is CC1=NN(c2ccc(Cl)cc2)C(=O)/C1=C\c1ccc(F)cc1. The van der Waals surface area contributed by atoms with Gasteiger partial charge in [-0.15, -0.1) is 0 Å². The number of hydrogen-bond acceptors (Lipinski definition) is 2. The Morgan fingerprint density at radius 1 is 1.09 bits per heavy atom. The summed E-state index contributed by atoms with van der Waals surface area (Å²) in [7, 11) is 0. The first-order chi connectivity index (χ1) is 10.5. The highest BCUT2D eigenvalue weighted by molar-refractivity contribution is 6.32. The minimum atomic E-state index is -0.312. The van der Waals surface area contributed by atoms with Crippen molar-refractivity contribution in [3.05, 3.63) is 70.5 Å². The van der Waals surface area contributed by atoms with Crippen molar-refractivity contribution in [3.63, 3.8) is 0 Å². The van der Waals surface area contributed by atoms with Gasteiger partial charge >= 0.3 is 0 Å². The number of hydrazone groups is 1. The van der Waals surface area contributed by atoms with Crippen molar-refractivity contribution >= 4 is 35.0 Å². The van der Waals surface area contributed by atoms with Crippen LogP contribution in [0.15, 0.2) is 59.2 Å². The minimum absolute atomic E-state index is 0.218. The Morgan fingerprint density at radius 2 is 1.73 bits per heavy atom. The lowest BCUT2D eigenvalue weighted by molar-refractivity contribution is -0.114. The lowest BCUT2D eigenvalue weighted by Gasteiger charge is -2.11. The van der Waals surface area contributed by atoms with Crippen LogP contribution in [0.3, 0.4) is 0 Å². The number of benzene rings is 2. The van der Waals surface area contributed by atoms with E-state index in [9.17, 15) is 9.18 Å². The fraction of sp³-hybridized carbons (Fsp3) is 0.0588. The summed E-state index contributed by atoms with van der Waals surface area (Å²) in [4.78, 5) is 12.5. The van der Waals surface area contributed by atoms with Gasteiger partial charge in [0.1, 0.15) is 5.82 Å². The largest absolute Gasteiger partial charge is 0.280 e. The van der Waals surface area contributed by atoms with Crippen LogP contribution in [0, 0.1) is 5.82 Å².